The van der Waals surface area contributed by atoms with Crippen molar-refractivity contribution in [3.05, 3.63) is 65.7 Å². The van der Waals surface area contributed by atoms with Crippen molar-refractivity contribution in [2.24, 2.45) is 0 Å². The number of hydrogen-bond donors (Lipinski definition) is 1. The Labute approximate surface area is 161 Å². The first-order valence-electron chi connectivity index (χ1n) is 9.29. The number of benzene rings is 2. The molecule has 0 unspecified atom stereocenters. The predicted molar refractivity (Wildman–Crippen MR) is 106 cm³/mol. The lowest BCUT2D eigenvalue weighted by molar-refractivity contribution is -0.140. The van der Waals surface area contributed by atoms with Crippen molar-refractivity contribution in [1.29, 1.82) is 0 Å². The van der Waals surface area contributed by atoms with Crippen LogP contribution < -0.4 is 10.1 Å². The minimum Gasteiger partial charge on any atom is -0.497 e. The third-order valence-corrected chi connectivity index (χ3v) is 4.50. The minimum absolute atomic E-state index is 0.0339. The first-order valence-corrected chi connectivity index (χ1v) is 9.29. The second-order valence-electron chi connectivity index (χ2n) is 6.43. The fraction of sp³-hybridized carbons (Fsp3) is 0.364. The Morgan fingerprint density at radius 3 is 2.30 bits per heavy atom. The molecule has 5 nitrogen and oxygen atoms in total. The Bertz CT molecular complexity index is 729. The molecule has 1 atom stereocenters. The zero-order valence-electron chi connectivity index (χ0n) is 16.3. The van der Waals surface area contributed by atoms with Crippen LogP contribution in [0.3, 0.4) is 0 Å². The Balaban J connectivity index is 2.11. The highest BCUT2D eigenvalue weighted by Gasteiger charge is 2.25. The molecule has 2 amide bonds. The number of methoxy groups -OCH3 is 1. The number of nitrogens with zero attached hydrogens (tertiary/aromatic N) is 1. The van der Waals surface area contributed by atoms with Crippen LogP contribution in [0.5, 0.6) is 5.75 Å². The molecule has 0 spiro atoms. The fourth-order valence-electron chi connectivity index (χ4n) is 2.87. The van der Waals surface area contributed by atoms with Gasteiger partial charge in [0, 0.05) is 19.5 Å². The van der Waals surface area contributed by atoms with Gasteiger partial charge in [0.25, 0.3) is 0 Å². The Morgan fingerprint density at radius 2 is 1.70 bits per heavy atom. The van der Waals surface area contributed by atoms with Crippen LogP contribution >= 0.6 is 0 Å². The van der Waals surface area contributed by atoms with E-state index in [0.717, 1.165) is 16.9 Å². The van der Waals surface area contributed by atoms with Crippen molar-refractivity contribution in [3.8, 4) is 5.75 Å². The summed E-state index contributed by atoms with van der Waals surface area (Å²) >= 11 is 0. The van der Waals surface area contributed by atoms with Crippen molar-refractivity contribution in [2.75, 3.05) is 13.7 Å². The Hall–Kier alpha value is -2.82. The number of aryl methyl sites for hydroxylation is 1. The topological polar surface area (TPSA) is 58.6 Å². The molecule has 0 fully saturated rings. The van der Waals surface area contributed by atoms with Crippen molar-refractivity contribution >= 4 is 11.8 Å². The van der Waals surface area contributed by atoms with Gasteiger partial charge in [-0.3, -0.25) is 9.59 Å². The monoisotopic (exact) mass is 368 g/mol. The molecule has 0 saturated carbocycles. The van der Waals surface area contributed by atoms with Gasteiger partial charge in [-0.15, -0.1) is 0 Å². The Morgan fingerprint density at radius 1 is 1.04 bits per heavy atom. The lowest BCUT2D eigenvalue weighted by atomic mass is 10.1. The molecular formula is C22H28N2O3. The van der Waals surface area contributed by atoms with Crippen molar-refractivity contribution in [3.63, 3.8) is 0 Å². The average molecular weight is 368 g/mol. The van der Waals surface area contributed by atoms with Crippen LogP contribution in [0.1, 0.15) is 31.4 Å². The summed E-state index contributed by atoms with van der Waals surface area (Å²) in [7, 11) is 1.62. The summed E-state index contributed by atoms with van der Waals surface area (Å²) in [5.41, 5.74) is 2.07. The molecule has 144 valence electrons. The van der Waals surface area contributed by atoms with Crippen LogP contribution in [0.15, 0.2) is 54.6 Å². The smallest absolute Gasteiger partial charge is 0.242 e. The van der Waals surface area contributed by atoms with Gasteiger partial charge in [0.05, 0.1) is 7.11 Å². The largest absolute Gasteiger partial charge is 0.497 e. The van der Waals surface area contributed by atoms with Gasteiger partial charge < -0.3 is 15.0 Å². The summed E-state index contributed by atoms with van der Waals surface area (Å²) < 4.78 is 5.18. The quantitative estimate of drug-likeness (QED) is 0.740. The second kappa shape index (κ2) is 10.4. The summed E-state index contributed by atoms with van der Waals surface area (Å²) in [6.45, 7) is 4.57. The lowest BCUT2D eigenvalue weighted by Gasteiger charge is -2.29. The summed E-state index contributed by atoms with van der Waals surface area (Å²) in [6, 6.07) is 16.9. The standard InChI is InChI=1S/C22H28N2O3/c1-4-23-22(26)17(2)24(16-19-10-13-20(27-3)14-11-19)21(25)15-12-18-8-6-5-7-9-18/h5-11,13-14,17H,4,12,15-16H2,1-3H3,(H,23,26)/t17-/m0/s1. The van der Waals surface area contributed by atoms with Gasteiger partial charge in [0.1, 0.15) is 11.8 Å². The van der Waals surface area contributed by atoms with Crippen molar-refractivity contribution in [2.45, 2.75) is 39.3 Å². The molecule has 2 aromatic rings. The van der Waals surface area contributed by atoms with Gasteiger partial charge in [-0.1, -0.05) is 42.5 Å². The SMILES string of the molecule is CCNC(=O)[C@H](C)N(Cc1ccc(OC)cc1)C(=O)CCc1ccccc1. The number of carbonyl (C=O) groups is 2. The van der Waals surface area contributed by atoms with E-state index in [4.69, 9.17) is 4.74 Å². The van der Waals surface area contributed by atoms with E-state index in [0.29, 0.717) is 25.9 Å². The van der Waals surface area contributed by atoms with Crippen molar-refractivity contribution < 1.29 is 14.3 Å². The number of nitrogens with one attached hydrogen (secondary N) is 1. The van der Waals surface area contributed by atoms with E-state index in [1.165, 1.54) is 0 Å². The fourth-order valence-corrected chi connectivity index (χ4v) is 2.87. The zero-order valence-corrected chi connectivity index (χ0v) is 16.3. The highest BCUT2D eigenvalue weighted by Crippen LogP contribution is 2.16. The number of likely N-dealkylation sites (N-methyl/N-ethyl adjacent to an activating group) is 1. The number of rotatable bonds is 9. The first kappa shape index (κ1) is 20.5. The molecule has 5 heteroatoms. The molecule has 0 bridgehead atoms. The highest BCUT2D eigenvalue weighted by atomic mass is 16.5. The molecule has 0 aliphatic heterocycles. The third kappa shape index (κ3) is 6.13. The molecule has 2 aromatic carbocycles. The second-order valence-corrected chi connectivity index (χ2v) is 6.43. The van der Waals surface area contributed by atoms with E-state index in [1.54, 1.807) is 18.9 Å². The number of hydrogen-bond acceptors (Lipinski definition) is 3. The molecular weight excluding hydrogens is 340 g/mol. The lowest BCUT2D eigenvalue weighted by Crippen LogP contribution is -2.47. The van der Waals surface area contributed by atoms with Gasteiger partial charge in [0.2, 0.25) is 11.8 Å². The van der Waals surface area contributed by atoms with E-state index >= 15 is 0 Å². The van der Waals surface area contributed by atoms with E-state index < -0.39 is 6.04 Å². The van der Waals surface area contributed by atoms with E-state index in [-0.39, 0.29) is 11.8 Å². The van der Waals surface area contributed by atoms with Crippen LogP contribution in [-0.4, -0.2) is 36.4 Å². The highest BCUT2D eigenvalue weighted by molar-refractivity contribution is 5.87. The number of amides is 2. The predicted octanol–water partition coefficient (Wildman–Crippen LogP) is 3.18. The molecule has 0 aromatic heterocycles. The molecule has 0 aliphatic carbocycles. The summed E-state index contributed by atoms with van der Waals surface area (Å²) in [4.78, 5) is 26.9. The molecule has 0 saturated heterocycles. The van der Waals surface area contributed by atoms with Crippen LogP contribution in [0, 0.1) is 0 Å². The Kier molecular flexibility index (Phi) is 7.86. The van der Waals surface area contributed by atoms with Gasteiger partial charge >= 0.3 is 0 Å². The maximum atomic E-state index is 12.9. The number of carbonyl (C=O) groups excluding carboxylic acids is 2. The number of ether oxygens (including phenoxy) is 1. The molecule has 2 rings (SSSR count). The zero-order chi connectivity index (χ0) is 19.6. The normalized spacial score (nSPS) is 11.5. The van der Waals surface area contributed by atoms with E-state index in [2.05, 4.69) is 5.32 Å². The van der Waals surface area contributed by atoms with Crippen LogP contribution in [-0.2, 0) is 22.6 Å². The van der Waals surface area contributed by atoms with Crippen molar-refractivity contribution in [1.82, 2.24) is 10.2 Å². The van der Waals surface area contributed by atoms with Gasteiger partial charge in [-0.2, -0.15) is 0 Å². The van der Waals surface area contributed by atoms with Crippen LogP contribution in [0.2, 0.25) is 0 Å². The van der Waals surface area contributed by atoms with Gasteiger partial charge in [0.15, 0.2) is 0 Å². The van der Waals surface area contributed by atoms with Crippen LogP contribution in [0.4, 0.5) is 0 Å². The average Bonchev–Trinajstić information content (AvgIpc) is 2.71. The summed E-state index contributed by atoms with van der Waals surface area (Å²) in [6.07, 6.45) is 1.02. The molecule has 27 heavy (non-hydrogen) atoms. The molecule has 1 N–H and O–H groups in total. The maximum Gasteiger partial charge on any atom is 0.242 e. The molecule has 0 radical (unpaired) electrons. The summed E-state index contributed by atoms with van der Waals surface area (Å²) in [5.74, 6) is 0.588. The molecule has 0 aliphatic rings. The minimum atomic E-state index is -0.532. The van der Waals surface area contributed by atoms with E-state index in [1.807, 2.05) is 61.5 Å². The van der Waals surface area contributed by atoms with Crippen LogP contribution in [0.25, 0.3) is 0 Å². The summed E-state index contributed by atoms with van der Waals surface area (Å²) in [5, 5.41) is 2.81. The van der Waals surface area contributed by atoms with Gasteiger partial charge in [-0.05, 0) is 43.5 Å². The van der Waals surface area contributed by atoms with E-state index in [9.17, 15) is 9.59 Å². The third-order valence-electron chi connectivity index (χ3n) is 4.50. The molecule has 0 heterocycles. The van der Waals surface area contributed by atoms with Gasteiger partial charge in [-0.25, -0.2) is 0 Å². The maximum absolute atomic E-state index is 12.9. The first-order chi connectivity index (χ1) is 13.0.